The first-order valence-electron chi connectivity index (χ1n) is 8.67. The maximum absolute atomic E-state index is 12.9. The average molecular weight is 409 g/mol. The highest BCUT2D eigenvalue weighted by Crippen LogP contribution is 2.38. The first-order chi connectivity index (χ1) is 12.5. The number of nitrogens with zero attached hydrogens (tertiary/aromatic N) is 1. The molecule has 136 valence electrons. The summed E-state index contributed by atoms with van der Waals surface area (Å²) in [4.78, 5) is 14.6. The number of carbonyl (C=O) groups excluding carboxylic acids is 1. The van der Waals surface area contributed by atoms with E-state index in [1.807, 2.05) is 48.5 Å². The molecule has 0 unspecified atom stereocenters. The summed E-state index contributed by atoms with van der Waals surface area (Å²) in [6, 6.07) is 19.9. The summed E-state index contributed by atoms with van der Waals surface area (Å²) >= 11 is 17.9. The van der Waals surface area contributed by atoms with Crippen molar-refractivity contribution in [3.8, 4) is 0 Å². The fourth-order valence-corrected chi connectivity index (χ4v) is 3.65. The maximum Gasteiger partial charge on any atom is 0.279 e. The van der Waals surface area contributed by atoms with E-state index in [1.165, 1.54) is 0 Å². The Labute approximate surface area is 169 Å². The second-order valence-electron chi connectivity index (χ2n) is 6.37. The molecule has 0 bridgehead atoms. The molecule has 0 radical (unpaired) electrons. The first kappa shape index (κ1) is 19.3. The van der Waals surface area contributed by atoms with Crippen molar-refractivity contribution in [2.75, 3.05) is 0 Å². The molecule has 3 rings (SSSR count). The molecule has 0 saturated carbocycles. The van der Waals surface area contributed by atoms with Crippen LogP contribution in [0.25, 0.3) is 5.57 Å². The SMILES string of the molecule is O=C(N(Cc1ccccc1)C1=C(c2ccccc2)CCCC1)C(Cl)(Cl)Cl. The second-order valence-corrected chi connectivity index (χ2v) is 8.65. The monoisotopic (exact) mass is 407 g/mol. The van der Waals surface area contributed by atoms with Crippen molar-refractivity contribution < 1.29 is 4.79 Å². The van der Waals surface area contributed by atoms with Crippen LogP contribution in [0.2, 0.25) is 0 Å². The minimum absolute atomic E-state index is 0.388. The molecule has 0 fully saturated rings. The highest BCUT2D eigenvalue weighted by Gasteiger charge is 2.37. The van der Waals surface area contributed by atoms with E-state index in [2.05, 4.69) is 12.1 Å². The molecule has 0 saturated heterocycles. The highest BCUT2D eigenvalue weighted by molar-refractivity contribution is 6.76. The molecule has 2 aromatic rings. The van der Waals surface area contributed by atoms with Crippen LogP contribution in [0.5, 0.6) is 0 Å². The van der Waals surface area contributed by atoms with Crippen molar-refractivity contribution in [1.29, 1.82) is 0 Å². The minimum atomic E-state index is -1.99. The van der Waals surface area contributed by atoms with Gasteiger partial charge in [0.2, 0.25) is 0 Å². The van der Waals surface area contributed by atoms with Crippen LogP contribution in [0.15, 0.2) is 66.4 Å². The Morgan fingerprint density at radius 3 is 2.08 bits per heavy atom. The number of hydrogen-bond acceptors (Lipinski definition) is 1. The summed E-state index contributed by atoms with van der Waals surface area (Å²) in [5, 5.41) is 0. The molecule has 0 aliphatic heterocycles. The van der Waals surface area contributed by atoms with Gasteiger partial charge in [0.15, 0.2) is 0 Å². The van der Waals surface area contributed by atoms with Crippen molar-refractivity contribution >= 4 is 46.3 Å². The van der Waals surface area contributed by atoms with Gasteiger partial charge in [-0.3, -0.25) is 4.79 Å². The van der Waals surface area contributed by atoms with Crippen LogP contribution < -0.4 is 0 Å². The third-order valence-corrected chi connectivity index (χ3v) is 5.04. The lowest BCUT2D eigenvalue weighted by atomic mass is 9.90. The topological polar surface area (TPSA) is 20.3 Å². The van der Waals surface area contributed by atoms with Gasteiger partial charge in [0, 0.05) is 5.70 Å². The Balaban J connectivity index is 2.06. The molecule has 0 N–H and O–H groups in total. The van der Waals surface area contributed by atoms with Crippen molar-refractivity contribution in [3.63, 3.8) is 0 Å². The van der Waals surface area contributed by atoms with E-state index in [0.29, 0.717) is 6.54 Å². The summed E-state index contributed by atoms with van der Waals surface area (Å²) in [6.45, 7) is 0.388. The average Bonchev–Trinajstić information content (AvgIpc) is 2.66. The van der Waals surface area contributed by atoms with Crippen molar-refractivity contribution in [2.45, 2.75) is 36.0 Å². The number of alkyl halides is 3. The zero-order valence-electron chi connectivity index (χ0n) is 14.3. The third kappa shape index (κ3) is 4.62. The standard InChI is InChI=1S/C21H20Cl3NO/c22-21(23,24)20(26)25(15-16-9-3-1-4-10-16)19-14-8-7-13-18(19)17-11-5-2-6-12-17/h1-6,9-12H,7-8,13-15H2. The first-order valence-corrected chi connectivity index (χ1v) is 9.80. The van der Waals surface area contributed by atoms with E-state index >= 15 is 0 Å². The van der Waals surface area contributed by atoms with Crippen LogP contribution in [0.4, 0.5) is 0 Å². The van der Waals surface area contributed by atoms with Crippen LogP contribution in [0, 0.1) is 0 Å². The number of amides is 1. The number of allylic oxidation sites excluding steroid dienone is 2. The lowest BCUT2D eigenvalue weighted by Gasteiger charge is -2.33. The quantitative estimate of drug-likeness (QED) is 0.538. The predicted octanol–water partition coefficient (Wildman–Crippen LogP) is 6.37. The Kier molecular flexibility index (Phi) is 6.29. The van der Waals surface area contributed by atoms with E-state index < -0.39 is 9.70 Å². The van der Waals surface area contributed by atoms with Gasteiger partial charge in [0.05, 0.1) is 6.54 Å². The molecule has 2 aromatic carbocycles. The Morgan fingerprint density at radius 1 is 0.885 bits per heavy atom. The Bertz CT molecular complexity index is 782. The fraction of sp³-hybridized carbons (Fsp3) is 0.286. The summed E-state index contributed by atoms with van der Waals surface area (Å²) in [5.41, 5.74) is 4.25. The van der Waals surface area contributed by atoms with Gasteiger partial charge in [0.25, 0.3) is 9.70 Å². The lowest BCUT2D eigenvalue weighted by molar-refractivity contribution is -0.129. The van der Waals surface area contributed by atoms with Gasteiger partial charge in [-0.1, -0.05) is 95.5 Å². The molecule has 1 aliphatic rings. The molecular formula is C21H20Cl3NO. The summed E-state index contributed by atoms with van der Waals surface area (Å²) in [5.74, 6) is -0.503. The van der Waals surface area contributed by atoms with Gasteiger partial charge in [-0.25, -0.2) is 0 Å². The zero-order valence-corrected chi connectivity index (χ0v) is 16.6. The number of rotatable bonds is 4. The number of benzene rings is 2. The number of carbonyl (C=O) groups is 1. The molecule has 2 nitrogen and oxygen atoms in total. The number of hydrogen-bond donors (Lipinski definition) is 0. The molecular weight excluding hydrogens is 389 g/mol. The van der Waals surface area contributed by atoms with E-state index in [0.717, 1.165) is 48.1 Å². The van der Waals surface area contributed by atoms with Crippen LogP contribution in [0.3, 0.4) is 0 Å². The van der Waals surface area contributed by atoms with E-state index in [9.17, 15) is 4.79 Å². The smallest absolute Gasteiger partial charge is 0.279 e. The van der Waals surface area contributed by atoms with Crippen molar-refractivity contribution in [3.05, 3.63) is 77.5 Å². The third-order valence-electron chi connectivity index (χ3n) is 4.56. The predicted molar refractivity (Wildman–Crippen MR) is 109 cm³/mol. The van der Waals surface area contributed by atoms with Crippen molar-refractivity contribution in [2.24, 2.45) is 0 Å². The van der Waals surface area contributed by atoms with Crippen LogP contribution in [-0.4, -0.2) is 14.6 Å². The van der Waals surface area contributed by atoms with Gasteiger partial charge in [-0.15, -0.1) is 0 Å². The van der Waals surface area contributed by atoms with E-state index in [1.54, 1.807) is 4.90 Å². The second kappa shape index (κ2) is 8.47. The molecule has 0 heterocycles. The Hall–Kier alpha value is -1.48. The van der Waals surface area contributed by atoms with Crippen LogP contribution in [0.1, 0.15) is 36.8 Å². The normalized spacial score (nSPS) is 15.0. The molecule has 26 heavy (non-hydrogen) atoms. The van der Waals surface area contributed by atoms with Crippen LogP contribution >= 0.6 is 34.8 Å². The molecule has 1 aliphatic carbocycles. The minimum Gasteiger partial charge on any atom is -0.308 e. The molecule has 5 heteroatoms. The molecule has 0 spiro atoms. The summed E-state index contributed by atoms with van der Waals surface area (Å²) in [7, 11) is 0. The van der Waals surface area contributed by atoms with Gasteiger partial charge in [-0.05, 0) is 42.4 Å². The van der Waals surface area contributed by atoms with Gasteiger partial charge in [0.1, 0.15) is 0 Å². The van der Waals surface area contributed by atoms with E-state index in [-0.39, 0.29) is 0 Å². The zero-order chi connectivity index (χ0) is 18.6. The summed E-state index contributed by atoms with van der Waals surface area (Å²) in [6.07, 6.45) is 3.82. The maximum atomic E-state index is 12.9. The summed E-state index contributed by atoms with van der Waals surface area (Å²) < 4.78 is -1.99. The lowest BCUT2D eigenvalue weighted by Crippen LogP contribution is -2.39. The van der Waals surface area contributed by atoms with Gasteiger partial charge < -0.3 is 4.90 Å². The highest BCUT2D eigenvalue weighted by atomic mass is 35.6. The Morgan fingerprint density at radius 2 is 1.46 bits per heavy atom. The molecule has 0 aromatic heterocycles. The van der Waals surface area contributed by atoms with Gasteiger partial charge in [-0.2, -0.15) is 0 Å². The van der Waals surface area contributed by atoms with Crippen molar-refractivity contribution in [1.82, 2.24) is 4.90 Å². The molecule has 0 atom stereocenters. The van der Waals surface area contributed by atoms with Crippen LogP contribution in [-0.2, 0) is 11.3 Å². The number of halogens is 3. The fourth-order valence-electron chi connectivity index (χ4n) is 3.35. The molecule has 1 amide bonds. The van der Waals surface area contributed by atoms with E-state index in [4.69, 9.17) is 34.8 Å². The van der Waals surface area contributed by atoms with Gasteiger partial charge >= 0.3 is 0 Å². The largest absolute Gasteiger partial charge is 0.308 e.